The van der Waals surface area contributed by atoms with Gasteiger partial charge in [0.05, 0.1) is 0 Å². The van der Waals surface area contributed by atoms with Crippen molar-refractivity contribution in [3.8, 4) is 0 Å². The summed E-state index contributed by atoms with van der Waals surface area (Å²) in [6.07, 6.45) is -0.0864. The number of aliphatic hydroxyl groups is 1. The minimum Gasteiger partial charge on any atom is -0.383 e. The highest BCUT2D eigenvalue weighted by Crippen LogP contribution is 2.46. The second-order valence-electron chi connectivity index (χ2n) is 4.31. The number of hydrogen-bond donors (Lipinski definition) is 2. The number of hydrogen-bond acceptors (Lipinski definition) is 3. The molecule has 2 saturated heterocycles. The smallest absolute Gasteiger partial charge is 0.251 e. The summed E-state index contributed by atoms with van der Waals surface area (Å²) < 4.78 is 0. The predicted octanol–water partition coefficient (Wildman–Crippen LogP) is -1.20. The molecule has 2 heterocycles. The van der Waals surface area contributed by atoms with Crippen LogP contribution in [0.25, 0.3) is 0 Å². The van der Waals surface area contributed by atoms with E-state index in [1.54, 1.807) is 0 Å². The molecule has 72 valence electrons. The molecule has 1 aliphatic carbocycles. The van der Waals surface area contributed by atoms with Crippen molar-refractivity contribution < 1.29 is 9.90 Å². The number of piperidine rings is 1. The first kappa shape index (κ1) is 7.76. The molecular weight excluding hydrogens is 168 g/mol. The van der Waals surface area contributed by atoms with Crippen LogP contribution in [0.4, 0.5) is 0 Å². The summed E-state index contributed by atoms with van der Waals surface area (Å²) in [5.74, 6) is 1.31. The van der Waals surface area contributed by atoms with Crippen LogP contribution in [-0.2, 0) is 4.79 Å². The summed E-state index contributed by atoms with van der Waals surface area (Å²) in [6, 6.07) is 0.450. The maximum absolute atomic E-state index is 11.5. The van der Waals surface area contributed by atoms with E-state index in [0.29, 0.717) is 24.3 Å². The summed E-state index contributed by atoms with van der Waals surface area (Å²) in [4.78, 5) is 13.4. The standard InChI is InChI=1S/C9H14N2O2/c12-7-1-2-11(9(7)13)8-5-3-10-4-6(5)8/h5-8,10,12H,1-4H2/t5-,6+,7-,8+/m1/s1. The molecule has 13 heavy (non-hydrogen) atoms. The van der Waals surface area contributed by atoms with Crippen molar-refractivity contribution in [3.05, 3.63) is 0 Å². The Morgan fingerprint density at radius 2 is 2.08 bits per heavy atom. The summed E-state index contributed by atoms with van der Waals surface area (Å²) in [6.45, 7) is 2.86. The largest absolute Gasteiger partial charge is 0.383 e. The third-order valence-electron chi connectivity index (χ3n) is 3.62. The molecule has 1 amide bonds. The third-order valence-corrected chi connectivity index (χ3v) is 3.62. The molecule has 4 nitrogen and oxygen atoms in total. The average Bonchev–Trinajstić information content (AvgIpc) is 2.49. The first-order valence-electron chi connectivity index (χ1n) is 4.98. The van der Waals surface area contributed by atoms with Crippen molar-refractivity contribution in [3.63, 3.8) is 0 Å². The van der Waals surface area contributed by atoms with Gasteiger partial charge in [0.15, 0.2) is 0 Å². The molecule has 3 aliphatic rings. The van der Waals surface area contributed by atoms with Gasteiger partial charge < -0.3 is 15.3 Å². The lowest BCUT2D eigenvalue weighted by Gasteiger charge is -2.18. The molecule has 3 fully saturated rings. The van der Waals surface area contributed by atoms with Crippen LogP contribution in [0.3, 0.4) is 0 Å². The molecule has 0 bridgehead atoms. The van der Waals surface area contributed by atoms with E-state index in [1.807, 2.05) is 4.90 Å². The molecule has 0 aromatic carbocycles. The Morgan fingerprint density at radius 3 is 2.62 bits per heavy atom. The van der Waals surface area contributed by atoms with E-state index in [0.717, 1.165) is 19.6 Å². The number of amides is 1. The van der Waals surface area contributed by atoms with Crippen LogP contribution in [-0.4, -0.2) is 47.7 Å². The quantitative estimate of drug-likeness (QED) is 0.535. The van der Waals surface area contributed by atoms with E-state index in [-0.39, 0.29) is 5.91 Å². The second-order valence-corrected chi connectivity index (χ2v) is 4.31. The summed E-state index contributed by atoms with van der Waals surface area (Å²) >= 11 is 0. The molecule has 0 unspecified atom stereocenters. The number of likely N-dealkylation sites (tertiary alicyclic amines) is 1. The van der Waals surface area contributed by atoms with Gasteiger partial charge in [-0.3, -0.25) is 4.79 Å². The lowest BCUT2D eigenvalue weighted by Crippen LogP contribution is -2.36. The van der Waals surface area contributed by atoms with Gasteiger partial charge >= 0.3 is 0 Å². The van der Waals surface area contributed by atoms with Gasteiger partial charge in [-0.15, -0.1) is 0 Å². The second kappa shape index (κ2) is 2.45. The molecule has 0 radical (unpaired) electrons. The Morgan fingerprint density at radius 1 is 1.38 bits per heavy atom. The van der Waals surface area contributed by atoms with Crippen molar-refractivity contribution in [1.82, 2.24) is 10.2 Å². The van der Waals surface area contributed by atoms with Gasteiger partial charge in [-0.1, -0.05) is 0 Å². The molecule has 0 aromatic heterocycles. The van der Waals surface area contributed by atoms with Gasteiger partial charge in [-0.25, -0.2) is 0 Å². The Bertz CT molecular complexity index is 246. The third kappa shape index (κ3) is 0.957. The molecule has 0 spiro atoms. The van der Waals surface area contributed by atoms with Crippen LogP contribution in [0.2, 0.25) is 0 Å². The van der Waals surface area contributed by atoms with Gasteiger partial charge in [0.1, 0.15) is 6.10 Å². The fraction of sp³-hybridized carbons (Fsp3) is 0.889. The van der Waals surface area contributed by atoms with E-state index in [4.69, 9.17) is 0 Å². The van der Waals surface area contributed by atoms with Crippen LogP contribution in [0.5, 0.6) is 0 Å². The van der Waals surface area contributed by atoms with Crippen LogP contribution >= 0.6 is 0 Å². The Hall–Kier alpha value is -0.610. The first-order chi connectivity index (χ1) is 6.29. The van der Waals surface area contributed by atoms with Gasteiger partial charge in [0.2, 0.25) is 0 Å². The molecule has 0 aromatic rings. The van der Waals surface area contributed by atoms with Crippen molar-refractivity contribution in [2.45, 2.75) is 18.6 Å². The van der Waals surface area contributed by atoms with Crippen molar-refractivity contribution in [1.29, 1.82) is 0 Å². The van der Waals surface area contributed by atoms with Crippen LogP contribution < -0.4 is 5.32 Å². The van der Waals surface area contributed by atoms with Crippen molar-refractivity contribution >= 4 is 5.91 Å². The lowest BCUT2D eigenvalue weighted by atomic mass is 10.3. The average molecular weight is 182 g/mol. The number of nitrogens with one attached hydrogen (secondary N) is 1. The summed E-state index contributed by atoms with van der Waals surface area (Å²) in [5, 5.41) is 12.6. The van der Waals surface area contributed by atoms with Crippen molar-refractivity contribution in [2.24, 2.45) is 11.8 Å². The number of carbonyl (C=O) groups is 1. The van der Waals surface area contributed by atoms with E-state index in [1.165, 1.54) is 0 Å². The minimum atomic E-state index is -0.714. The fourth-order valence-electron chi connectivity index (χ4n) is 2.83. The highest BCUT2D eigenvalue weighted by molar-refractivity contribution is 5.83. The van der Waals surface area contributed by atoms with Gasteiger partial charge in [0.25, 0.3) is 5.91 Å². The number of nitrogens with zero attached hydrogens (tertiary/aromatic N) is 1. The Labute approximate surface area is 76.9 Å². The fourth-order valence-corrected chi connectivity index (χ4v) is 2.83. The molecular formula is C9H14N2O2. The number of carbonyl (C=O) groups excluding carboxylic acids is 1. The molecule has 4 atom stereocenters. The molecule has 1 saturated carbocycles. The first-order valence-corrected chi connectivity index (χ1v) is 4.98. The molecule has 4 heteroatoms. The lowest BCUT2D eigenvalue weighted by molar-refractivity contribution is -0.135. The van der Waals surface area contributed by atoms with E-state index in [2.05, 4.69) is 5.32 Å². The number of fused-ring (bicyclic) bond motifs is 1. The van der Waals surface area contributed by atoms with Gasteiger partial charge in [-0.2, -0.15) is 0 Å². The maximum Gasteiger partial charge on any atom is 0.251 e. The monoisotopic (exact) mass is 182 g/mol. The molecule has 2 aliphatic heterocycles. The maximum atomic E-state index is 11.5. The van der Waals surface area contributed by atoms with Crippen LogP contribution in [0.1, 0.15) is 6.42 Å². The van der Waals surface area contributed by atoms with E-state index in [9.17, 15) is 9.90 Å². The normalized spacial score (nSPS) is 48.4. The minimum absolute atomic E-state index is 0.0422. The van der Waals surface area contributed by atoms with Crippen LogP contribution in [0.15, 0.2) is 0 Å². The predicted molar refractivity (Wildman–Crippen MR) is 46.0 cm³/mol. The SMILES string of the molecule is O=C1[C@H](O)CCN1[C@H]1[C@@H]2CNC[C@@H]21. The van der Waals surface area contributed by atoms with Crippen molar-refractivity contribution in [2.75, 3.05) is 19.6 Å². The topological polar surface area (TPSA) is 52.6 Å². The van der Waals surface area contributed by atoms with Gasteiger partial charge in [-0.05, 0) is 18.3 Å². The zero-order valence-electron chi connectivity index (χ0n) is 7.44. The Kier molecular flexibility index (Phi) is 1.46. The summed E-state index contributed by atoms with van der Waals surface area (Å²) in [5.41, 5.74) is 0. The van der Waals surface area contributed by atoms with Crippen LogP contribution in [0, 0.1) is 11.8 Å². The molecule has 3 rings (SSSR count). The molecule has 2 N–H and O–H groups in total. The number of rotatable bonds is 1. The highest BCUT2D eigenvalue weighted by Gasteiger charge is 2.58. The zero-order chi connectivity index (χ0) is 9.00. The highest BCUT2D eigenvalue weighted by atomic mass is 16.3. The van der Waals surface area contributed by atoms with E-state index >= 15 is 0 Å². The van der Waals surface area contributed by atoms with E-state index < -0.39 is 6.10 Å². The summed E-state index contributed by atoms with van der Waals surface area (Å²) in [7, 11) is 0. The Balaban J connectivity index is 1.71. The zero-order valence-corrected chi connectivity index (χ0v) is 7.44. The number of aliphatic hydroxyl groups excluding tert-OH is 1. The van der Waals surface area contributed by atoms with Gasteiger partial charge in [0, 0.05) is 25.7 Å².